The Morgan fingerprint density at radius 3 is 2.65 bits per heavy atom. The topological polar surface area (TPSA) is 64.0 Å². The second-order valence-electron chi connectivity index (χ2n) is 4.97. The van der Waals surface area contributed by atoms with Crippen molar-refractivity contribution in [3.8, 4) is 0 Å². The summed E-state index contributed by atoms with van der Waals surface area (Å²) in [4.78, 5) is 24.2. The Bertz CT molecular complexity index is 691. The molecule has 5 nitrogen and oxygen atoms in total. The van der Waals surface area contributed by atoms with E-state index in [1.165, 1.54) is 4.68 Å². The van der Waals surface area contributed by atoms with E-state index in [1.54, 1.807) is 6.07 Å². The lowest BCUT2D eigenvalue weighted by molar-refractivity contribution is -0.122. The molecule has 0 bridgehead atoms. The molecular weight excluding hydrogens is 254 g/mol. The second-order valence-corrected chi connectivity index (χ2v) is 4.97. The third-order valence-electron chi connectivity index (χ3n) is 3.37. The van der Waals surface area contributed by atoms with E-state index in [1.807, 2.05) is 39.0 Å². The van der Waals surface area contributed by atoms with Crippen molar-refractivity contribution in [1.29, 1.82) is 0 Å². The summed E-state index contributed by atoms with van der Waals surface area (Å²) in [5, 5.41) is 8.47. The fraction of sp³-hybridized carbons (Fsp3) is 0.400. The predicted octanol–water partition coefficient (Wildman–Crippen LogP) is 1.62. The molecule has 0 aliphatic heterocycles. The number of amides is 1. The Hall–Kier alpha value is -2.17. The average Bonchev–Trinajstić information content (AvgIpc) is 2.44. The standard InChI is InChI=1S/C15H19N3O2/c1-4-10(2)16-14(19)9-18-15(20)13-8-6-5-7-12(13)11(3)17-18/h5-8,10H,4,9H2,1-3H3,(H,16,19)/t10-/m0/s1. The van der Waals surface area contributed by atoms with Crippen LogP contribution in [0.5, 0.6) is 0 Å². The zero-order chi connectivity index (χ0) is 14.7. The van der Waals surface area contributed by atoms with Crippen molar-refractivity contribution in [1.82, 2.24) is 15.1 Å². The van der Waals surface area contributed by atoms with Crippen molar-refractivity contribution in [2.75, 3.05) is 0 Å². The molecule has 0 spiro atoms. The zero-order valence-corrected chi connectivity index (χ0v) is 12.0. The van der Waals surface area contributed by atoms with E-state index in [2.05, 4.69) is 10.4 Å². The van der Waals surface area contributed by atoms with Crippen LogP contribution in [0.1, 0.15) is 26.0 Å². The van der Waals surface area contributed by atoms with Crippen LogP contribution in [0.25, 0.3) is 10.8 Å². The Morgan fingerprint density at radius 2 is 2.00 bits per heavy atom. The molecule has 106 valence electrons. The Kier molecular flexibility index (Phi) is 4.17. The van der Waals surface area contributed by atoms with Gasteiger partial charge in [-0.05, 0) is 26.3 Å². The van der Waals surface area contributed by atoms with Crippen molar-refractivity contribution in [2.45, 2.75) is 39.8 Å². The van der Waals surface area contributed by atoms with E-state index in [-0.39, 0.29) is 24.1 Å². The average molecular weight is 273 g/mol. The van der Waals surface area contributed by atoms with Crippen molar-refractivity contribution < 1.29 is 4.79 Å². The van der Waals surface area contributed by atoms with Gasteiger partial charge in [0.2, 0.25) is 5.91 Å². The molecular formula is C15H19N3O2. The molecule has 1 atom stereocenters. The molecule has 2 aromatic rings. The molecule has 5 heteroatoms. The number of nitrogens with one attached hydrogen (secondary N) is 1. The number of nitrogens with zero attached hydrogens (tertiary/aromatic N) is 2. The summed E-state index contributed by atoms with van der Waals surface area (Å²) >= 11 is 0. The smallest absolute Gasteiger partial charge is 0.275 e. The molecule has 1 aromatic heterocycles. The van der Waals surface area contributed by atoms with Crippen LogP contribution < -0.4 is 10.9 Å². The number of hydrogen-bond donors (Lipinski definition) is 1. The third kappa shape index (κ3) is 2.87. The van der Waals surface area contributed by atoms with Crippen LogP contribution in [-0.2, 0) is 11.3 Å². The summed E-state index contributed by atoms with van der Waals surface area (Å²) in [5.41, 5.74) is 0.516. The Morgan fingerprint density at radius 1 is 1.35 bits per heavy atom. The van der Waals surface area contributed by atoms with E-state index in [0.29, 0.717) is 5.39 Å². The van der Waals surface area contributed by atoms with Crippen LogP contribution in [0.2, 0.25) is 0 Å². The number of fused-ring (bicyclic) bond motifs is 1. The summed E-state index contributed by atoms with van der Waals surface area (Å²) in [6, 6.07) is 7.40. The maximum Gasteiger partial charge on any atom is 0.275 e. The molecule has 0 aliphatic carbocycles. The first-order valence-electron chi connectivity index (χ1n) is 6.78. The maximum absolute atomic E-state index is 12.3. The Balaban J connectivity index is 2.34. The molecule has 2 rings (SSSR count). The van der Waals surface area contributed by atoms with E-state index in [0.717, 1.165) is 17.5 Å². The summed E-state index contributed by atoms with van der Waals surface area (Å²) in [7, 11) is 0. The van der Waals surface area contributed by atoms with Crippen LogP contribution in [-0.4, -0.2) is 21.7 Å². The number of hydrogen-bond acceptors (Lipinski definition) is 3. The molecule has 1 heterocycles. The first-order valence-corrected chi connectivity index (χ1v) is 6.78. The summed E-state index contributed by atoms with van der Waals surface area (Å²) < 4.78 is 1.23. The van der Waals surface area contributed by atoms with Crippen LogP contribution in [0.15, 0.2) is 29.1 Å². The first-order chi connectivity index (χ1) is 9.52. The number of benzene rings is 1. The molecule has 1 amide bonds. The number of carbonyl (C=O) groups is 1. The van der Waals surface area contributed by atoms with Gasteiger partial charge in [0.1, 0.15) is 6.54 Å². The third-order valence-corrected chi connectivity index (χ3v) is 3.37. The molecule has 0 aliphatic rings. The van der Waals surface area contributed by atoms with Crippen LogP contribution >= 0.6 is 0 Å². The second kappa shape index (κ2) is 5.86. The van der Waals surface area contributed by atoms with Gasteiger partial charge in [-0.25, -0.2) is 4.68 Å². The highest BCUT2D eigenvalue weighted by molar-refractivity contribution is 5.83. The van der Waals surface area contributed by atoms with Crippen molar-refractivity contribution in [3.63, 3.8) is 0 Å². The predicted molar refractivity (Wildman–Crippen MR) is 78.6 cm³/mol. The van der Waals surface area contributed by atoms with Gasteiger partial charge in [0, 0.05) is 11.4 Å². The fourth-order valence-corrected chi connectivity index (χ4v) is 2.07. The van der Waals surface area contributed by atoms with Gasteiger partial charge in [0.05, 0.1) is 11.1 Å². The van der Waals surface area contributed by atoms with Crippen molar-refractivity contribution in [2.24, 2.45) is 0 Å². The highest BCUT2D eigenvalue weighted by Crippen LogP contribution is 2.11. The minimum Gasteiger partial charge on any atom is -0.352 e. The lowest BCUT2D eigenvalue weighted by Crippen LogP contribution is -2.38. The SMILES string of the molecule is CC[C@H](C)NC(=O)Cn1nc(C)c2ccccc2c1=O. The number of aryl methyl sites for hydroxylation is 1. The largest absolute Gasteiger partial charge is 0.352 e. The maximum atomic E-state index is 12.3. The first kappa shape index (κ1) is 14.2. The van der Waals surface area contributed by atoms with Crippen LogP contribution in [0, 0.1) is 6.92 Å². The van der Waals surface area contributed by atoms with Gasteiger partial charge in [-0.3, -0.25) is 9.59 Å². The van der Waals surface area contributed by atoms with Gasteiger partial charge in [-0.1, -0.05) is 25.1 Å². The monoisotopic (exact) mass is 273 g/mol. The molecule has 0 unspecified atom stereocenters. The van der Waals surface area contributed by atoms with E-state index < -0.39 is 0 Å². The minimum atomic E-state index is -0.231. The van der Waals surface area contributed by atoms with Gasteiger partial charge in [-0.15, -0.1) is 0 Å². The lowest BCUT2D eigenvalue weighted by atomic mass is 10.1. The van der Waals surface area contributed by atoms with E-state index in [9.17, 15) is 9.59 Å². The van der Waals surface area contributed by atoms with Crippen molar-refractivity contribution >= 4 is 16.7 Å². The number of aromatic nitrogens is 2. The van der Waals surface area contributed by atoms with Gasteiger partial charge >= 0.3 is 0 Å². The van der Waals surface area contributed by atoms with Crippen molar-refractivity contribution in [3.05, 3.63) is 40.3 Å². The minimum absolute atomic E-state index is 0.0468. The molecule has 20 heavy (non-hydrogen) atoms. The van der Waals surface area contributed by atoms with Gasteiger partial charge in [0.25, 0.3) is 5.56 Å². The van der Waals surface area contributed by atoms with Gasteiger partial charge in [0.15, 0.2) is 0 Å². The Labute approximate surface area is 117 Å². The van der Waals surface area contributed by atoms with Gasteiger partial charge in [-0.2, -0.15) is 5.10 Å². The highest BCUT2D eigenvalue weighted by atomic mass is 16.2. The van der Waals surface area contributed by atoms with E-state index in [4.69, 9.17) is 0 Å². The summed E-state index contributed by atoms with van der Waals surface area (Å²) in [6.07, 6.45) is 0.852. The molecule has 1 N–H and O–H groups in total. The van der Waals surface area contributed by atoms with Crippen LogP contribution in [0.3, 0.4) is 0 Å². The number of rotatable bonds is 4. The molecule has 0 saturated carbocycles. The fourth-order valence-electron chi connectivity index (χ4n) is 2.07. The molecule has 0 saturated heterocycles. The summed E-state index contributed by atoms with van der Waals surface area (Å²) in [5.74, 6) is -0.191. The van der Waals surface area contributed by atoms with Gasteiger partial charge < -0.3 is 5.32 Å². The molecule has 1 aromatic carbocycles. The normalized spacial score (nSPS) is 12.3. The highest BCUT2D eigenvalue weighted by Gasteiger charge is 2.11. The molecule has 0 fully saturated rings. The summed E-state index contributed by atoms with van der Waals surface area (Å²) in [6.45, 7) is 5.72. The quantitative estimate of drug-likeness (QED) is 0.920. The zero-order valence-electron chi connectivity index (χ0n) is 12.0. The van der Waals surface area contributed by atoms with E-state index >= 15 is 0 Å². The molecule has 0 radical (unpaired) electrons. The van der Waals surface area contributed by atoms with Crippen LogP contribution in [0.4, 0.5) is 0 Å². The number of carbonyl (C=O) groups excluding carboxylic acids is 1. The lowest BCUT2D eigenvalue weighted by Gasteiger charge is -2.12.